The van der Waals surface area contributed by atoms with Crippen molar-refractivity contribution in [3.8, 4) is 11.8 Å². The molecule has 2 aromatic carbocycles. The maximum atomic E-state index is 13.4. The van der Waals surface area contributed by atoms with Crippen molar-refractivity contribution in [2.45, 2.75) is 19.5 Å². The molecule has 0 fully saturated rings. The first-order valence-corrected chi connectivity index (χ1v) is 8.92. The van der Waals surface area contributed by atoms with E-state index in [1.807, 2.05) is 47.5 Å². The Morgan fingerprint density at radius 2 is 1.86 bits per heavy atom. The lowest BCUT2D eigenvalue weighted by atomic mass is 10.1. The monoisotopic (exact) mass is 373 g/mol. The molecule has 0 saturated heterocycles. The van der Waals surface area contributed by atoms with Crippen molar-refractivity contribution in [3.05, 3.63) is 101 Å². The molecule has 1 aromatic heterocycles. The molecule has 0 bridgehead atoms. The van der Waals surface area contributed by atoms with Gasteiger partial charge in [0.25, 0.3) is 0 Å². The maximum Gasteiger partial charge on any atom is 0.159 e. The van der Waals surface area contributed by atoms with Gasteiger partial charge in [-0.05, 0) is 35.3 Å². The molecule has 0 saturated carbocycles. The minimum absolute atomic E-state index is 0.457. The summed E-state index contributed by atoms with van der Waals surface area (Å²) in [5.74, 6) is 4.51. The quantitative estimate of drug-likeness (QED) is 0.640. The maximum absolute atomic E-state index is 13.4. The van der Waals surface area contributed by atoms with E-state index in [1.165, 1.54) is 6.07 Å². The van der Waals surface area contributed by atoms with E-state index in [0.717, 1.165) is 23.0 Å². The van der Waals surface area contributed by atoms with Crippen LogP contribution in [0.3, 0.4) is 0 Å². The summed E-state index contributed by atoms with van der Waals surface area (Å²) >= 11 is 0. The molecule has 0 spiro atoms. The third kappa shape index (κ3) is 4.24. The van der Waals surface area contributed by atoms with Crippen LogP contribution in [0, 0.1) is 23.5 Å². The number of hydrogen-bond acceptors (Lipinski definition) is 3. The third-order valence-corrected chi connectivity index (χ3v) is 4.39. The van der Waals surface area contributed by atoms with Crippen molar-refractivity contribution < 1.29 is 8.78 Å². The highest BCUT2D eigenvalue weighted by atomic mass is 19.2. The second-order valence-electron chi connectivity index (χ2n) is 6.52. The average molecular weight is 373 g/mol. The van der Waals surface area contributed by atoms with Gasteiger partial charge in [0.2, 0.25) is 0 Å². The van der Waals surface area contributed by atoms with Gasteiger partial charge in [-0.1, -0.05) is 42.3 Å². The van der Waals surface area contributed by atoms with Crippen LogP contribution >= 0.6 is 0 Å². The first-order chi connectivity index (χ1) is 13.7. The smallest absolute Gasteiger partial charge is 0.159 e. The SMILES string of the molecule is Fc1ccc(CN2C=Cc3ncc(C#CCc4ccccc4)nc3C2)cc1F. The number of halogens is 2. The van der Waals surface area contributed by atoms with Gasteiger partial charge in [0.15, 0.2) is 11.6 Å². The molecule has 0 N–H and O–H groups in total. The molecule has 1 aliphatic rings. The summed E-state index contributed by atoms with van der Waals surface area (Å²) in [7, 11) is 0. The van der Waals surface area contributed by atoms with Gasteiger partial charge >= 0.3 is 0 Å². The molecule has 0 aliphatic carbocycles. The number of benzene rings is 2. The predicted octanol–water partition coefficient (Wildman–Crippen LogP) is 4.34. The van der Waals surface area contributed by atoms with Crippen LogP contribution in [0.1, 0.15) is 28.2 Å². The number of rotatable bonds is 3. The molecular weight excluding hydrogens is 356 g/mol. The lowest BCUT2D eigenvalue weighted by Crippen LogP contribution is -2.21. The Hall–Kier alpha value is -3.52. The summed E-state index contributed by atoms with van der Waals surface area (Å²) in [5, 5.41) is 0. The molecular formula is C23H17F2N3. The highest BCUT2D eigenvalue weighted by Gasteiger charge is 2.14. The summed E-state index contributed by atoms with van der Waals surface area (Å²) < 4.78 is 26.5. The molecule has 5 heteroatoms. The zero-order valence-electron chi connectivity index (χ0n) is 15.1. The Bertz CT molecular complexity index is 1080. The standard InChI is InChI=1S/C23H17F2N3/c24-20-10-9-18(13-21(20)25)15-28-12-11-22-23(16-28)27-19(14-26-22)8-4-7-17-5-2-1-3-6-17/h1-3,5-6,9-14H,7,15-16H2. The normalized spacial score (nSPS) is 12.3. The average Bonchev–Trinajstić information content (AvgIpc) is 2.71. The largest absolute Gasteiger partial charge is 0.367 e. The highest BCUT2D eigenvalue weighted by molar-refractivity contribution is 5.50. The molecule has 0 amide bonds. The second kappa shape index (κ2) is 8.01. The van der Waals surface area contributed by atoms with Gasteiger partial charge in [-0.3, -0.25) is 4.98 Å². The van der Waals surface area contributed by atoms with E-state index in [1.54, 1.807) is 12.3 Å². The minimum atomic E-state index is -0.840. The minimum Gasteiger partial charge on any atom is -0.367 e. The highest BCUT2D eigenvalue weighted by Crippen LogP contribution is 2.19. The van der Waals surface area contributed by atoms with E-state index in [2.05, 4.69) is 21.8 Å². The Labute approximate surface area is 162 Å². The molecule has 0 radical (unpaired) electrons. The van der Waals surface area contributed by atoms with Crippen molar-refractivity contribution >= 4 is 6.08 Å². The van der Waals surface area contributed by atoms with Crippen molar-refractivity contribution in [1.29, 1.82) is 0 Å². The van der Waals surface area contributed by atoms with Crippen molar-refractivity contribution in [3.63, 3.8) is 0 Å². The fourth-order valence-corrected chi connectivity index (χ4v) is 2.99. The van der Waals surface area contributed by atoms with E-state index in [-0.39, 0.29) is 0 Å². The topological polar surface area (TPSA) is 29.0 Å². The number of nitrogens with zero attached hydrogens (tertiary/aromatic N) is 3. The summed E-state index contributed by atoms with van der Waals surface area (Å²) in [5.41, 5.74) is 4.09. The first-order valence-electron chi connectivity index (χ1n) is 8.92. The van der Waals surface area contributed by atoms with Crippen LogP contribution in [0.25, 0.3) is 6.08 Å². The summed E-state index contributed by atoms with van der Waals surface area (Å²) in [4.78, 5) is 11.0. The van der Waals surface area contributed by atoms with Crippen molar-refractivity contribution in [1.82, 2.24) is 14.9 Å². The van der Waals surface area contributed by atoms with Crippen molar-refractivity contribution in [2.24, 2.45) is 0 Å². The van der Waals surface area contributed by atoms with E-state index >= 15 is 0 Å². The van der Waals surface area contributed by atoms with Crippen LogP contribution in [-0.4, -0.2) is 14.9 Å². The van der Waals surface area contributed by atoms with Gasteiger partial charge in [0.05, 0.1) is 24.1 Å². The van der Waals surface area contributed by atoms with Crippen LogP contribution in [0.5, 0.6) is 0 Å². The van der Waals surface area contributed by atoms with Crippen LogP contribution < -0.4 is 0 Å². The van der Waals surface area contributed by atoms with E-state index < -0.39 is 11.6 Å². The first kappa shape index (κ1) is 17.9. The lowest BCUT2D eigenvalue weighted by Gasteiger charge is -2.24. The van der Waals surface area contributed by atoms with Gasteiger partial charge in [0.1, 0.15) is 5.69 Å². The zero-order chi connectivity index (χ0) is 19.3. The molecule has 2 heterocycles. The molecule has 28 heavy (non-hydrogen) atoms. The summed E-state index contributed by atoms with van der Waals surface area (Å²) in [6.07, 6.45) is 6.08. The van der Waals surface area contributed by atoms with Gasteiger partial charge in [-0.25, -0.2) is 13.8 Å². The van der Waals surface area contributed by atoms with Crippen molar-refractivity contribution in [2.75, 3.05) is 0 Å². The molecule has 138 valence electrons. The van der Waals surface area contributed by atoms with Crippen LogP contribution in [0.2, 0.25) is 0 Å². The fraction of sp³-hybridized carbons (Fsp3) is 0.130. The Morgan fingerprint density at radius 1 is 1.00 bits per heavy atom. The predicted molar refractivity (Wildman–Crippen MR) is 104 cm³/mol. The van der Waals surface area contributed by atoms with E-state index in [9.17, 15) is 8.78 Å². The molecule has 3 aromatic rings. The number of fused-ring (bicyclic) bond motifs is 1. The van der Waals surface area contributed by atoms with Gasteiger partial charge in [-0.2, -0.15) is 0 Å². The summed E-state index contributed by atoms with van der Waals surface area (Å²) in [6.45, 7) is 0.991. The number of aromatic nitrogens is 2. The van der Waals surface area contributed by atoms with Gasteiger partial charge in [0, 0.05) is 19.2 Å². The zero-order valence-corrected chi connectivity index (χ0v) is 15.1. The fourth-order valence-electron chi connectivity index (χ4n) is 2.99. The lowest BCUT2D eigenvalue weighted by molar-refractivity contribution is 0.352. The number of hydrogen-bond donors (Lipinski definition) is 0. The molecule has 4 rings (SSSR count). The van der Waals surface area contributed by atoms with Gasteiger partial charge < -0.3 is 4.90 Å². The molecule has 1 aliphatic heterocycles. The van der Waals surface area contributed by atoms with E-state index in [4.69, 9.17) is 0 Å². The van der Waals surface area contributed by atoms with E-state index in [0.29, 0.717) is 30.8 Å². The summed E-state index contributed by atoms with van der Waals surface area (Å²) in [6, 6.07) is 14.0. The Morgan fingerprint density at radius 3 is 2.68 bits per heavy atom. The molecule has 0 unspecified atom stereocenters. The molecule has 0 atom stereocenters. The van der Waals surface area contributed by atoms with Crippen LogP contribution in [-0.2, 0) is 19.5 Å². The van der Waals surface area contributed by atoms with Crippen LogP contribution in [0.15, 0.2) is 60.9 Å². The van der Waals surface area contributed by atoms with Crippen LogP contribution in [0.4, 0.5) is 8.78 Å². The Kier molecular flexibility index (Phi) is 5.11. The molecule has 3 nitrogen and oxygen atoms in total. The third-order valence-electron chi connectivity index (χ3n) is 4.39. The van der Waals surface area contributed by atoms with Gasteiger partial charge in [-0.15, -0.1) is 0 Å². The second-order valence-corrected chi connectivity index (χ2v) is 6.52. The Balaban J connectivity index is 1.46.